The van der Waals surface area contributed by atoms with Gasteiger partial charge in [0.15, 0.2) is 5.69 Å². The number of carboxylic acids is 1. The lowest BCUT2D eigenvalue weighted by Gasteiger charge is -2.17. The standard InChI is InChI=1S/C28H36N4O7S/c1-7-18(3)26(33)30-21-10-12-23(24(16-21)40(36,37)29-13-8-14-38-6)39-27-20(5)25(28(34)35)31-32(27)22-11-9-17(2)15-19(22)4/h9-12,15-16,18,29H,7-8,13-14H2,1-6H3,(H,30,33)(H,34,35)/t18-/m0/s1. The zero-order valence-corrected chi connectivity index (χ0v) is 24.4. The summed E-state index contributed by atoms with van der Waals surface area (Å²) in [5.74, 6) is -1.78. The molecule has 12 heteroatoms. The van der Waals surface area contributed by atoms with E-state index in [0.29, 0.717) is 25.1 Å². The van der Waals surface area contributed by atoms with Gasteiger partial charge >= 0.3 is 5.97 Å². The number of hydrogen-bond acceptors (Lipinski definition) is 7. The number of nitrogens with one attached hydrogen (secondary N) is 2. The molecule has 3 N–H and O–H groups in total. The highest BCUT2D eigenvalue weighted by Gasteiger charge is 2.27. The van der Waals surface area contributed by atoms with Gasteiger partial charge in [0.05, 0.1) is 5.69 Å². The summed E-state index contributed by atoms with van der Waals surface area (Å²) in [6.45, 7) is 9.48. The van der Waals surface area contributed by atoms with Gasteiger partial charge in [-0.25, -0.2) is 17.9 Å². The van der Waals surface area contributed by atoms with Gasteiger partial charge in [-0.3, -0.25) is 4.79 Å². The molecule has 0 unspecified atom stereocenters. The molecule has 1 amide bonds. The van der Waals surface area contributed by atoms with E-state index in [0.717, 1.165) is 11.1 Å². The molecule has 2 aromatic carbocycles. The summed E-state index contributed by atoms with van der Waals surface area (Å²) in [6, 6.07) is 9.85. The van der Waals surface area contributed by atoms with Crippen molar-refractivity contribution >= 4 is 27.6 Å². The third kappa shape index (κ3) is 7.06. The summed E-state index contributed by atoms with van der Waals surface area (Å²) >= 11 is 0. The molecule has 3 aromatic rings. The number of anilines is 1. The summed E-state index contributed by atoms with van der Waals surface area (Å²) in [4.78, 5) is 24.2. The van der Waals surface area contributed by atoms with E-state index in [9.17, 15) is 23.1 Å². The Labute approximate surface area is 234 Å². The van der Waals surface area contributed by atoms with Crippen molar-refractivity contribution < 1.29 is 32.6 Å². The fourth-order valence-corrected chi connectivity index (χ4v) is 5.17. The predicted octanol–water partition coefficient (Wildman–Crippen LogP) is 4.59. The van der Waals surface area contributed by atoms with Gasteiger partial charge in [-0.05, 0) is 63.4 Å². The Hall–Kier alpha value is -3.74. The molecule has 1 aromatic heterocycles. The van der Waals surface area contributed by atoms with Crippen LogP contribution in [0.15, 0.2) is 41.3 Å². The minimum atomic E-state index is -4.12. The summed E-state index contributed by atoms with van der Waals surface area (Å²) in [6.07, 6.45) is 1.06. The number of hydrogen-bond donors (Lipinski definition) is 3. The van der Waals surface area contributed by atoms with Crippen LogP contribution < -0.4 is 14.8 Å². The first kappa shape index (κ1) is 30.8. The van der Waals surface area contributed by atoms with Crippen molar-refractivity contribution in [3.63, 3.8) is 0 Å². The second-order valence-electron chi connectivity index (χ2n) is 9.59. The normalized spacial score (nSPS) is 12.2. The van der Waals surface area contributed by atoms with Crippen LogP contribution in [0, 0.1) is 26.7 Å². The maximum absolute atomic E-state index is 13.4. The summed E-state index contributed by atoms with van der Waals surface area (Å²) < 4.78 is 41.9. The van der Waals surface area contributed by atoms with Crippen molar-refractivity contribution in [3.05, 3.63) is 58.8 Å². The lowest BCUT2D eigenvalue weighted by Crippen LogP contribution is -2.26. The quantitative estimate of drug-likeness (QED) is 0.252. The molecule has 0 saturated heterocycles. The van der Waals surface area contributed by atoms with Gasteiger partial charge in [-0.1, -0.05) is 31.5 Å². The topological polar surface area (TPSA) is 149 Å². The van der Waals surface area contributed by atoms with Crippen molar-refractivity contribution in [1.82, 2.24) is 14.5 Å². The second-order valence-corrected chi connectivity index (χ2v) is 11.3. The van der Waals surface area contributed by atoms with Crippen LogP contribution in [0.4, 0.5) is 5.69 Å². The van der Waals surface area contributed by atoms with Gasteiger partial charge in [-0.2, -0.15) is 9.78 Å². The molecule has 0 saturated carbocycles. The fraction of sp³-hybridized carbons (Fsp3) is 0.393. The van der Waals surface area contributed by atoms with Crippen molar-refractivity contribution in [2.75, 3.05) is 25.6 Å². The number of methoxy groups -OCH3 is 1. The van der Waals surface area contributed by atoms with Gasteiger partial charge in [0.25, 0.3) is 0 Å². The maximum Gasteiger partial charge on any atom is 0.356 e. The first-order valence-electron chi connectivity index (χ1n) is 12.9. The van der Waals surface area contributed by atoms with E-state index in [1.807, 2.05) is 32.9 Å². The summed E-state index contributed by atoms with van der Waals surface area (Å²) in [5.41, 5.74) is 2.68. The Balaban J connectivity index is 2.14. The molecule has 1 heterocycles. The molecule has 0 bridgehead atoms. The molecule has 3 rings (SSSR count). The minimum Gasteiger partial charge on any atom is -0.476 e. The lowest BCUT2D eigenvalue weighted by atomic mass is 10.1. The lowest BCUT2D eigenvalue weighted by molar-refractivity contribution is -0.119. The van der Waals surface area contributed by atoms with Crippen molar-refractivity contribution in [1.29, 1.82) is 0 Å². The molecule has 11 nitrogen and oxygen atoms in total. The van der Waals surface area contributed by atoms with Crippen LogP contribution in [-0.4, -0.2) is 55.4 Å². The van der Waals surface area contributed by atoms with Gasteiger partial charge < -0.3 is 19.9 Å². The van der Waals surface area contributed by atoms with E-state index in [-0.39, 0.29) is 51.8 Å². The average Bonchev–Trinajstić information content (AvgIpc) is 3.22. The zero-order valence-electron chi connectivity index (χ0n) is 23.6. The highest BCUT2D eigenvalue weighted by atomic mass is 32.2. The van der Waals surface area contributed by atoms with Crippen LogP contribution in [0.1, 0.15) is 53.9 Å². The van der Waals surface area contributed by atoms with Crippen LogP contribution in [-0.2, 0) is 19.6 Å². The Morgan fingerprint density at radius 2 is 1.85 bits per heavy atom. The number of benzene rings is 2. The number of sulfonamides is 1. The number of carboxylic acid groups (broad SMARTS) is 1. The van der Waals surface area contributed by atoms with Crippen molar-refractivity contribution in [3.8, 4) is 17.3 Å². The first-order valence-corrected chi connectivity index (χ1v) is 14.4. The molecule has 0 aliphatic carbocycles. The Kier molecular flexibility index (Phi) is 10.1. The predicted molar refractivity (Wildman–Crippen MR) is 151 cm³/mol. The number of ether oxygens (including phenoxy) is 2. The molecule has 0 aliphatic rings. The molecule has 216 valence electrons. The summed E-state index contributed by atoms with van der Waals surface area (Å²) in [7, 11) is -2.59. The van der Waals surface area contributed by atoms with E-state index in [1.54, 1.807) is 19.9 Å². The third-order valence-electron chi connectivity index (χ3n) is 6.44. The third-order valence-corrected chi connectivity index (χ3v) is 7.92. The number of amides is 1. The molecule has 40 heavy (non-hydrogen) atoms. The van der Waals surface area contributed by atoms with Crippen LogP contribution in [0.3, 0.4) is 0 Å². The Bertz CT molecular complexity index is 1500. The highest BCUT2D eigenvalue weighted by molar-refractivity contribution is 7.89. The molecule has 0 fully saturated rings. The molecule has 0 radical (unpaired) electrons. The number of aryl methyl sites for hydroxylation is 2. The Morgan fingerprint density at radius 3 is 2.48 bits per heavy atom. The van der Waals surface area contributed by atoms with Crippen LogP contribution in [0.5, 0.6) is 11.6 Å². The number of carbonyl (C=O) groups is 2. The number of rotatable bonds is 13. The maximum atomic E-state index is 13.4. The Morgan fingerprint density at radius 1 is 1.12 bits per heavy atom. The average molecular weight is 573 g/mol. The van der Waals surface area contributed by atoms with Gasteiger partial charge in [0.2, 0.25) is 21.8 Å². The van der Waals surface area contributed by atoms with Crippen molar-refractivity contribution in [2.24, 2.45) is 5.92 Å². The highest BCUT2D eigenvalue weighted by Crippen LogP contribution is 2.36. The largest absolute Gasteiger partial charge is 0.476 e. The van der Waals surface area contributed by atoms with Crippen LogP contribution in [0.2, 0.25) is 0 Å². The molecular formula is C28H36N4O7S. The number of nitrogens with zero attached hydrogens (tertiary/aromatic N) is 2. The SMILES string of the molecule is CC[C@H](C)C(=O)Nc1ccc(Oc2c(C)c(C(=O)O)nn2-c2ccc(C)cc2C)c(S(=O)(=O)NCCCOC)c1. The van der Waals surface area contributed by atoms with Gasteiger partial charge in [0.1, 0.15) is 10.6 Å². The van der Waals surface area contributed by atoms with Crippen LogP contribution >= 0.6 is 0 Å². The van der Waals surface area contributed by atoms with E-state index in [1.165, 1.54) is 30.0 Å². The monoisotopic (exact) mass is 572 g/mol. The summed E-state index contributed by atoms with van der Waals surface area (Å²) in [5, 5.41) is 16.8. The number of aromatic carboxylic acids is 1. The van der Waals surface area contributed by atoms with E-state index in [4.69, 9.17) is 9.47 Å². The minimum absolute atomic E-state index is 0.0524. The van der Waals surface area contributed by atoms with Gasteiger partial charge in [0, 0.05) is 37.4 Å². The van der Waals surface area contributed by atoms with E-state index >= 15 is 0 Å². The van der Waals surface area contributed by atoms with Crippen molar-refractivity contribution in [2.45, 2.75) is 52.4 Å². The van der Waals surface area contributed by atoms with E-state index in [2.05, 4.69) is 15.1 Å². The molecule has 1 atom stereocenters. The number of carbonyl (C=O) groups excluding carboxylic acids is 1. The zero-order chi connectivity index (χ0) is 29.6. The number of aromatic nitrogens is 2. The fourth-order valence-electron chi connectivity index (χ4n) is 3.95. The molecule has 0 spiro atoms. The van der Waals surface area contributed by atoms with Crippen LogP contribution in [0.25, 0.3) is 5.69 Å². The van der Waals surface area contributed by atoms with Gasteiger partial charge in [-0.15, -0.1) is 0 Å². The smallest absolute Gasteiger partial charge is 0.356 e. The first-order chi connectivity index (χ1) is 18.9. The molecule has 0 aliphatic heterocycles. The second kappa shape index (κ2) is 13.1. The molecular weight excluding hydrogens is 536 g/mol. The van der Waals surface area contributed by atoms with E-state index < -0.39 is 16.0 Å².